The third kappa shape index (κ3) is 3.12. The van der Waals surface area contributed by atoms with Gasteiger partial charge in [-0.1, -0.05) is 0 Å². The van der Waals surface area contributed by atoms with Crippen molar-refractivity contribution in [1.29, 1.82) is 0 Å². The SMILES string of the molecule is CC(C)(NCl)NCl. The highest BCUT2D eigenvalue weighted by Crippen LogP contribution is 1.96. The molecule has 0 bridgehead atoms. The van der Waals surface area contributed by atoms with Gasteiger partial charge in [0, 0.05) is 0 Å². The summed E-state index contributed by atoms with van der Waals surface area (Å²) in [6.45, 7) is 3.62. The lowest BCUT2D eigenvalue weighted by atomic mass is 10.3. The number of hydrogen-bond acceptors (Lipinski definition) is 2. The van der Waals surface area contributed by atoms with E-state index in [-0.39, 0.29) is 5.66 Å². The first-order valence-corrected chi connectivity index (χ1v) is 2.63. The van der Waals surface area contributed by atoms with Crippen LogP contribution >= 0.6 is 23.6 Å². The summed E-state index contributed by atoms with van der Waals surface area (Å²) >= 11 is 10.4. The molecule has 0 unspecified atom stereocenters. The van der Waals surface area contributed by atoms with Crippen LogP contribution in [0.15, 0.2) is 0 Å². The Kier molecular flexibility index (Phi) is 2.92. The summed E-state index contributed by atoms with van der Waals surface area (Å²) in [5.41, 5.74) is -0.386. The Morgan fingerprint density at radius 2 is 1.43 bits per heavy atom. The third-order valence-electron chi connectivity index (χ3n) is 0.472. The molecule has 0 amide bonds. The van der Waals surface area contributed by atoms with E-state index >= 15 is 0 Å². The van der Waals surface area contributed by atoms with Gasteiger partial charge >= 0.3 is 0 Å². The lowest BCUT2D eigenvalue weighted by Crippen LogP contribution is -2.42. The maximum Gasteiger partial charge on any atom is 0.0905 e. The molecule has 0 aromatic rings. The molecule has 0 aliphatic carbocycles. The molecule has 0 aromatic carbocycles. The standard InChI is InChI=1S/C3H8Cl2N2/c1-3(2,6-4)7-5/h6-7H,1-2H3. The van der Waals surface area contributed by atoms with Gasteiger partial charge in [0.15, 0.2) is 0 Å². The molecule has 0 radical (unpaired) electrons. The smallest absolute Gasteiger partial charge is 0.0905 e. The Labute approximate surface area is 53.4 Å². The first kappa shape index (κ1) is 7.50. The van der Waals surface area contributed by atoms with Crippen LogP contribution in [0.25, 0.3) is 0 Å². The van der Waals surface area contributed by atoms with Crippen LogP contribution in [-0.2, 0) is 0 Å². The van der Waals surface area contributed by atoms with Gasteiger partial charge in [-0.15, -0.1) is 0 Å². The average molecular weight is 143 g/mol. The molecule has 0 fully saturated rings. The van der Waals surface area contributed by atoms with E-state index in [4.69, 9.17) is 23.6 Å². The van der Waals surface area contributed by atoms with Gasteiger partial charge in [-0.3, -0.25) is 0 Å². The van der Waals surface area contributed by atoms with Crippen molar-refractivity contribution in [2.75, 3.05) is 0 Å². The van der Waals surface area contributed by atoms with Gasteiger partial charge in [0.2, 0.25) is 0 Å². The quantitative estimate of drug-likeness (QED) is 0.448. The monoisotopic (exact) mass is 142 g/mol. The van der Waals surface area contributed by atoms with E-state index in [2.05, 4.69) is 9.67 Å². The number of rotatable bonds is 2. The van der Waals surface area contributed by atoms with Crippen LogP contribution in [0.2, 0.25) is 0 Å². The van der Waals surface area contributed by atoms with Gasteiger partial charge in [-0.2, -0.15) is 0 Å². The maximum absolute atomic E-state index is 5.20. The van der Waals surface area contributed by atoms with Gasteiger partial charge < -0.3 is 0 Å². The van der Waals surface area contributed by atoms with E-state index < -0.39 is 0 Å². The second-order valence-corrected chi connectivity index (χ2v) is 2.19. The number of halogens is 2. The minimum atomic E-state index is -0.386. The molecule has 7 heavy (non-hydrogen) atoms. The van der Waals surface area contributed by atoms with Crippen molar-refractivity contribution in [2.45, 2.75) is 19.5 Å². The maximum atomic E-state index is 5.20. The van der Waals surface area contributed by atoms with Crippen LogP contribution in [0.5, 0.6) is 0 Å². The molecule has 0 saturated heterocycles. The molecule has 0 aromatic heterocycles. The summed E-state index contributed by atoms with van der Waals surface area (Å²) in [6, 6.07) is 0. The summed E-state index contributed by atoms with van der Waals surface area (Å²) in [6.07, 6.45) is 0. The molecule has 0 rings (SSSR count). The minimum Gasteiger partial charge on any atom is -0.213 e. The van der Waals surface area contributed by atoms with Crippen LogP contribution in [-0.4, -0.2) is 5.66 Å². The molecule has 0 saturated carbocycles. The van der Waals surface area contributed by atoms with Crippen LogP contribution in [0.1, 0.15) is 13.8 Å². The minimum absolute atomic E-state index is 0.386. The topological polar surface area (TPSA) is 24.1 Å². The van der Waals surface area contributed by atoms with Crippen molar-refractivity contribution in [2.24, 2.45) is 0 Å². The van der Waals surface area contributed by atoms with Crippen LogP contribution in [0.4, 0.5) is 0 Å². The van der Waals surface area contributed by atoms with E-state index in [1.54, 1.807) is 0 Å². The predicted octanol–water partition coefficient (Wildman–Crippen LogP) is 1.21. The zero-order chi connectivity index (χ0) is 5.91. The highest BCUT2D eigenvalue weighted by Gasteiger charge is 2.11. The van der Waals surface area contributed by atoms with E-state index in [1.165, 1.54) is 0 Å². The Bertz CT molecular complexity index is 48.9. The molecule has 0 heterocycles. The highest BCUT2D eigenvalue weighted by atomic mass is 35.5. The molecule has 0 aliphatic heterocycles. The Morgan fingerprint density at radius 3 is 1.43 bits per heavy atom. The molecular formula is C3H8Cl2N2. The fraction of sp³-hybridized carbons (Fsp3) is 1.00. The first-order valence-electron chi connectivity index (χ1n) is 1.88. The lowest BCUT2D eigenvalue weighted by Gasteiger charge is -2.18. The van der Waals surface area contributed by atoms with Gasteiger partial charge in [0.05, 0.1) is 5.66 Å². The normalized spacial score (nSPS) is 12.0. The van der Waals surface area contributed by atoms with Gasteiger partial charge in [0.25, 0.3) is 0 Å². The summed E-state index contributed by atoms with van der Waals surface area (Å²) in [5.74, 6) is 0. The molecular weight excluding hydrogens is 135 g/mol. The molecule has 0 aliphatic rings. The second kappa shape index (κ2) is 2.72. The summed E-state index contributed by atoms with van der Waals surface area (Å²) in [5, 5.41) is 0. The zero-order valence-electron chi connectivity index (χ0n) is 4.26. The van der Waals surface area contributed by atoms with Crippen molar-refractivity contribution >= 4 is 23.6 Å². The number of hydrogen-bond donors (Lipinski definition) is 2. The number of nitrogens with one attached hydrogen (secondary N) is 2. The van der Waals surface area contributed by atoms with Gasteiger partial charge in [-0.05, 0) is 37.4 Å². The van der Waals surface area contributed by atoms with Crippen LogP contribution in [0.3, 0.4) is 0 Å². The molecule has 44 valence electrons. The van der Waals surface area contributed by atoms with Crippen molar-refractivity contribution < 1.29 is 0 Å². The Hall–Kier alpha value is 0.500. The molecule has 2 nitrogen and oxygen atoms in total. The summed E-state index contributed by atoms with van der Waals surface area (Å²) in [7, 11) is 0. The summed E-state index contributed by atoms with van der Waals surface area (Å²) in [4.78, 5) is 4.84. The van der Waals surface area contributed by atoms with E-state index in [9.17, 15) is 0 Å². The van der Waals surface area contributed by atoms with E-state index in [1.807, 2.05) is 13.8 Å². The van der Waals surface area contributed by atoms with Crippen molar-refractivity contribution in [3.8, 4) is 0 Å². The van der Waals surface area contributed by atoms with Crippen LogP contribution in [0, 0.1) is 0 Å². The fourth-order valence-corrected chi connectivity index (χ4v) is 0.161. The third-order valence-corrected chi connectivity index (χ3v) is 1.42. The summed E-state index contributed by atoms with van der Waals surface area (Å²) < 4.78 is 0. The molecule has 0 atom stereocenters. The molecule has 4 heteroatoms. The molecule has 2 N–H and O–H groups in total. The van der Waals surface area contributed by atoms with E-state index in [0.29, 0.717) is 0 Å². The lowest BCUT2D eigenvalue weighted by molar-refractivity contribution is 0.454. The zero-order valence-corrected chi connectivity index (χ0v) is 5.77. The Balaban J connectivity index is 3.36. The predicted molar refractivity (Wildman–Crippen MR) is 32.1 cm³/mol. The second-order valence-electron chi connectivity index (χ2n) is 1.81. The largest absolute Gasteiger partial charge is 0.213 e. The first-order chi connectivity index (χ1) is 3.12. The van der Waals surface area contributed by atoms with E-state index in [0.717, 1.165) is 0 Å². The highest BCUT2D eigenvalue weighted by molar-refractivity contribution is 6.16. The Morgan fingerprint density at radius 1 is 1.14 bits per heavy atom. The van der Waals surface area contributed by atoms with Crippen molar-refractivity contribution in [1.82, 2.24) is 9.67 Å². The van der Waals surface area contributed by atoms with Crippen molar-refractivity contribution in [3.05, 3.63) is 0 Å². The van der Waals surface area contributed by atoms with Gasteiger partial charge in [0.1, 0.15) is 0 Å². The fourth-order valence-electron chi connectivity index (χ4n) is 0.0179. The van der Waals surface area contributed by atoms with Crippen LogP contribution < -0.4 is 9.67 Å². The molecule has 0 spiro atoms. The average Bonchev–Trinajstić information content (AvgIpc) is 1.68. The van der Waals surface area contributed by atoms with Crippen molar-refractivity contribution in [3.63, 3.8) is 0 Å². The van der Waals surface area contributed by atoms with Gasteiger partial charge in [-0.25, -0.2) is 9.67 Å².